The van der Waals surface area contributed by atoms with E-state index in [1.165, 1.54) is 6.20 Å². The summed E-state index contributed by atoms with van der Waals surface area (Å²) in [5, 5.41) is 5.43. The fourth-order valence-corrected chi connectivity index (χ4v) is 1.21. The number of carbonyl (C=O) groups excluding carboxylic acids is 2. The van der Waals surface area contributed by atoms with Gasteiger partial charge in [0.1, 0.15) is 5.54 Å². The van der Waals surface area contributed by atoms with Gasteiger partial charge in [-0.25, -0.2) is 0 Å². The molecule has 2 amide bonds. The highest BCUT2D eigenvalue weighted by molar-refractivity contribution is 6.02. The van der Waals surface area contributed by atoms with Crippen molar-refractivity contribution in [3.63, 3.8) is 0 Å². The Kier molecular flexibility index (Phi) is 3.67. The van der Waals surface area contributed by atoms with Crippen molar-refractivity contribution in [2.75, 3.05) is 12.4 Å². The molecule has 0 bridgehead atoms. The summed E-state index contributed by atoms with van der Waals surface area (Å²) < 4.78 is 0. The Morgan fingerprint density at radius 2 is 2.06 bits per heavy atom. The molecule has 0 spiro atoms. The lowest BCUT2D eigenvalue weighted by molar-refractivity contribution is -0.122. The first-order valence-corrected chi connectivity index (χ1v) is 5.12. The average Bonchev–Trinajstić information content (AvgIpc) is 2.28. The third-order valence-corrected chi connectivity index (χ3v) is 2.38. The summed E-state index contributed by atoms with van der Waals surface area (Å²) in [5.74, 6) is -0.994. The first kappa shape index (κ1) is 13.0. The Morgan fingerprint density at radius 3 is 2.59 bits per heavy atom. The van der Waals surface area contributed by atoms with Gasteiger partial charge in [0, 0.05) is 25.1 Å². The van der Waals surface area contributed by atoms with E-state index in [4.69, 9.17) is 5.73 Å². The van der Waals surface area contributed by atoms with Crippen LogP contribution in [0, 0.1) is 0 Å². The van der Waals surface area contributed by atoms with Crippen LogP contribution in [0.1, 0.15) is 24.2 Å². The minimum Gasteiger partial charge on any atom is -0.387 e. The van der Waals surface area contributed by atoms with Gasteiger partial charge in [-0.2, -0.15) is 0 Å². The predicted octanol–water partition coefficient (Wildman–Crippen LogP) is 0.117. The van der Waals surface area contributed by atoms with Gasteiger partial charge in [0.25, 0.3) is 5.91 Å². The van der Waals surface area contributed by atoms with E-state index < -0.39 is 17.4 Å². The Labute approximate surface area is 99.6 Å². The number of carbonyl (C=O) groups is 2. The Morgan fingerprint density at radius 1 is 1.41 bits per heavy atom. The van der Waals surface area contributed by atoms with Gasteiger partial charge in [0.2, 0.25) is 5.91 Å². The number of pyridine rings is 1. The van der Waals surface area contributed by atoms with E-state index in [9.17, 15) is 9.59 Å². The van der Waals surface area contributed by atoms with E-state index in [1.54, 1.807) is 33.2 Å². The molecule has 0 fully saturated rings. The van der Waals surface area contributed by atoms with Crippen LogP contribution >= 0.6 is 0 Å². The fourth-order valence-electron chi connectivity index (χ4n) is 1.21. The van der Waals surface area contributed by atoms with Crippen LogP contribution in [0.25, 0.3) is 0 Å². The molecule has 92 valence electrons. The maximum Gasteiger partial charge on any atom is 0.255 e. The van der Waals surface area contributed by atoms with Gasteiger partial charge >= 0.3 is 0 Å². The van der Waals surface area contributed by atoms with Crippen molar-refractivity contribution >= 4 is 17.5 Å². The van der Waals surface area contributed by atoms with Gasteiger partial charge in [-0.15, -0.1) is 0 Å². The maximum absolute atomic E-state index is 11.9. The van der Waals surface area contributed by atoms with Gasteiger partial charge in [-0.3, -0.25) is 14.6 Å². The summed E-state index contributed by atoms with van der Waals surface area (Å²) in [6, 6.07) is 1.67. The highest BCUT2D eigenvalue weighted by Gasteiger charge is 2.28. The molecule has 4 N–H and O–H groups in total. The highest BCUT2D eigenvalue weighted by Crippen LogP contribution is 2.13. The zero-order valence-electron chi connectivity index (χ0n) is 10.1. The molecule has 6 nitrogen and oxygen atoms in total. The number of hydrogen-bond donors (Lipinski definition) is 3. The van der Waals surface area contributed by atoms with Gasteiger partial charge < -0.3 is 16.4 Å². The van der Waals surface area contributed by atoms with E-state index in [2.05, 4.69) is 15.6 Å². The lowest BCUT2D eigenvalue weighted by Crippen LogP contribution is -2.53. The molecule has 0 atom stereocenters. The number of amides is 2. The molecule has 0 aliphatic heterocycles. The quantitative estimate of drug-likeness (QED) is 0.691. The summed E-state index contributed by atoms with van der Waals surface area (Å²) in [5.41, 5.74) is 5.08. The number of nitrogens with two attached hydrogens (primary N) is 1. The topological polar surface area (TPSA) is 97.1 Å². The monoisotopic (exact) mass is 236 g/mol. The van der Waals surface area contributed by atoms with E-state index in [1.807, 2.05) is 0 Å². The lowest BCUT2D eigenvalue weighted by Gasteiger charge is -2.22. The van der Waals surface area contributed by atoms with Crippen LogP contribution < -0.4 is 16.4 Å². The number of rotatable bonds is 4. The third kappa shape index (κ3) is 2.93. The summed E-state index contributed by atoms with van der Waals surface area (Å²) in [4.78, 5) is 26.9. The van der Waals surface area contributed by atoms with Gasteiger partial charge in [0.05, 0.1) is 5.56 Å². The van der Waals surface area contributed by atoms with Gasteiger partial charge in [-0.1, -0.05) is 0 Å². The molecular weight excluding hydrogens is 220 g/mol. The summed E-state index contributed by atoms with van der Waals surface area (Å²) in [6.45, 7) is 3.09. The van der Waals surface area contributed by atoms with Crippen LogP contribution in [0.2, 0.25) is 0 Å². The van der Waals surface area contributed by atoms with E-state index >= 15 is 0 Å². The highest BCUT2D eigenvalue weighted by atomic mass is 16.2. The second kappa shape index (κ2) is 4.82. The summed E-state index contributed by atoms with van der Waals surface area (Å²) in [7, 11) is 1.70. The second-order valence-electron chi connectivity index (χ2n) is 4.11. The molecule has 17 heavy (non-hydrogen) atoms. The molecule has 0 saturated heterocycles. The van der Waals surface area contributed by atoms with Crippen LogP contribution in [0.15, 0.2) is 18.5 Å². The molecule has 1 aromatic rings. The first-order valence-electron chi connectivity index (χ1n) is 5.12. The van der Waals surface area contributed by atoms with Crippen molar-refractivity contribution in [3.8, 4) is 0 Å². The summed E-state index contributed by atoms with van der Waals surface area (Å²) >= 11 is 0. The van der Waals surface area contributed by atoms with Crippen molar-refractivity contribution in [1.29, 1.82) is 0 Å². The van der Waals surface area contributed by atoms with E-state index in [-0.39, 0.29) is 0 Å². The first-order chi connectivity index (χ1) is 7.88. The molecule has 0 aliphatic rings. The van der Waals surface area contributed by atoms with Crippen molar-refractivity contribution in [2.45, 2.75) is 19.4 Å². The largest absolute Gasteiger partial charge is 0.387 e. The second-order valence-corrected chi connectivity index (χ2v) is 4.11. The number of nitrogens with zero attached hydrogens (tertiary/aromatic N) is 1. The third-order valence-electron chi connectivity index (χ3n) is 2.38. The smallest absolute Gasteiger partial charge is 0.255 e. The standard InChI is InChI=1S/C11H16N4O2/c1-11(2,10(12)17)15-9(16)7-6-14-5-4-8(7)13-3/h4-6H,1-3H3,(H2,12,17)(H,13,14)(H,15,16). The van der Waals surface area contributed by atoms with Crippen molar-refractivity contribution in [2.24, 2.45) is 5.73 Å². The van der Waals surface area contributed by atoms with Crippen LogP contribution in [0.5, 0.6) is 0 Å². The minimum atomic E-state index is -1.10. The SMILES string of the molecule is CNc1ccncc1C(=O)NC(C)(C)C(N)=O. The predicted molar refractivity (Wildman–Crippen MR) is 64.5 cm³/mol. The fraction of sp³-hybridized carbons (Fsp3) is 0.364. The molecule has 1 heterocycles. The molecule has 6 heteroatoms. The number of aromatic nitrogens is 1. The Bertz CT molecular complexity index is 443. The summed E-state index contributed by atoms with van der Waals surface area (Å²) in [6.07, 6.45) is 3.00. The van der Waals surface area contributed by atoms with Crippen molar-refractivity contribution in [1.82, 2.24) is 10.3 Å². The van der Waals surface area contributed by atoms with Crippen molar-refractivity contribution in [3.05, 3.63) is 24.0 Å². The molecule has 0 saturated carbocycles. The molecule has 0 unspecified atom stereocenters. The zero-order chi connectivity index (χ0) is 13.1. The molecule has 1 aromatic heterocycles. The van der Waals surface area contributed by atoms with Crippen LogP contribution in [-0.2, 0) is 4.79 Å². The minimum absolute atomic E-state index is 0.365. The lowest BCUT2D eigenvalue weighted by atomic mass is 10.0. The van der Waals surface area contributed by atoms with Crippen LogP contribution in [-0.4, -0.2) is 29.4 Å². The number of anilines is 1. The van der Waals surface area contributed by atoms with Crippen molar-refractivity contribution < 1.29 is 9.59 Å². The number of nitrogens with one attached hydrogen (secondary N) is 2. The Balaban J connectivity index is 2.94. The zero-order valence-corrected chi connectivity index (χ0v) is 10.1. The average molecular weight is 236 g/mol. The number of hydrogen-bond acceptors (Lipinski definition) is 4. The van der Waals surface area contributed by atoms with E-state index in [0.29, 0.717) is 11.3 Å². The molecule has 0 aromatic carbocycles. The van der Waals surface area contributed by atoms with Gasteiger partial charge in [0.15, 0.2) is 0 Å². The maximum atomic E-state index is 11.9. The van der Waals surface area contributed by atoms with Gasteiger partial charge in [-0.05, 0) is 19.9 Å². The normalized spacial score (nSPS) is 10.8. The van der Waals surface area contributed by atoms with Crippen LogP contribution in [0.3, 0.4) is 0 Å². The van der Waals surface area contributed by atoms with E-state index in [0.717, 1.165) is 0 Å². The molecular formula is C11H16N4O2. The number of primary amides is 1. The molecule has 0 radical (unpaired) electrons. The molecule has 1 rings (SSSR count). The Hall–Kier alpha value is -2.11. The van der Waals surface area contributed by atoms with Crippen LogP contribution in [0.4, 0.5) is 5.69 Å². The molecule has 0 aliphatic carbocycles.